The third-order valence-electron chi connectivity index (χ3n) is 8.02. The number of carbonyl (C=O) groups excluding carboxylic acids is 2. The summed E-state index contributed by atoms with van der Waals surface area (Å²) in [5.74, 6) is -0.995. The second-order valence-corrected chi connectivity index (χ2v) is 12.3. The molecular formula is C30H38N8O5S. The number of hydrogen-bond donors (Lipinski definition) is 2. The van der Waals surface area contributed by atoms with Gasteiger partial charge >= 0.3 is 12.1 Å². The van der Waals surface area contributed by atoms with Gasteiger partial charge in [-0.25, -0.2) is 14.5 Å². The van der Waals surface area contributed by atoms with E-state index < -0.39 is 12.1 Å². The van der Waals surface area contributed by atoms with Gasteiger partial charge in [0.1, 0.15) is 0 Å². The van der Waals surface area contributed by atoms with Crippen molar-refractivity contribution in [2.24, 2.45) is 0 Å². The van der Waals surface area contributed by atoms with Crippen molar-refractivity contribution in [3.8, 4) is 5.88 Å². The maximum atomic E-state index is 12.8. The van der Waals surface area contributed by atoms with Crippen LogP contribution in [0.3, 0.4) is 0 Å². The Bertz CT molecular complexity index is 1410. The van der Waals surface area contributed by atoms with Crippen molar-refractivity contribution in [2.75, 3.05) is 25.0 Å². The number of ether oxygens (including phenoxy) is 1. The van der Waals surface area contributed by atoms with E-state index in [0.29, 0.717) is 48.4 Å². The number of pyridine rings is 1. The lowest BCUT2D eigenvalue weighted by Gasteiger charge is -2.35. The minimum absolute atomic E-state index is 0.0589. The fourth-order valence-electron chi connectivity index (χ4n) is 5.53. The van der Waals surface area contributed by atoms with Crippen LogP contribution in [0, 0.1) is 0 Å². The second kappa shape index (κ2) is 15.1. The van der Waals surface area contributed by atoms with Gasteiger partial charge in [0.25, 0.3) is 5.91 Å². The molecule has 14 heteroatoms. The quantitative estimate of drug-likeness (QED) is 0.314. The molecule has 0 radical (unpaired) electrons. The van der Waals surface area contributed by atoms with Crippen molar-refractivity contribution in [2.45, 2.75) is 81.4 Å². The fourth-order valence-corrected chi connectivity index (χ4v) is 6.60. The Kier molecular flexibility index (Phi) is 10.8. The number of carbonyl (C=O) groups is 3. The van der Waals surface area contributed by atoms with E-state index >= 15 is 0 Å². The number of amides is 2. The molecule has 2 saturated heterocycles. The molecule has 2 fully saturated rings. The maximum Gasteiger partial charge on any atom is 0.416 e. The van der Waals surface area contributed by atoms with Gasteiger partial charge in [-0.2, -0.15) is 0 Å². The first kappa shape index (κ1) is 31.4. The number of benzene rings is 1. The van der Waals surface area contributed by atoms with Gasteiger partial charge < -0.3 is 20.1 Å². The lowest BCUT2D eigenvalue weighted by Crippen LogP contribution is -2.41. The van der Waals surface area contributed by atoms with Gasteiger partial charge in [-0.3, -0.25) is 14.5 Å². The van der Waals surface area contributed by atoms with Crippen LogP contribution in [0.5, 0.6) is 5.88 Å². The van der Waals surface area contributed by atoms with Crippen LogP contribution in [0.1, 0.15) is 67.8 Å². The van der Waals surface area contributed by atoms with Gasteiger partial charge in [0.05, 0.1) is 24.8 Å². The average Bonchev–Trinajstić information content (AvgIpc) is 3.48. The average molecular weight is 623 g/mol. The number of rotatable bonds is 11. The van der Waals surface area contributed by atoms with E-state index in [9.17, 15) is 14.4 Å². The first-order valence-electron chi connectivity index (χ1n) is 15.1. The molecule has 44 heavy (non-hydrogen) atoms. The molecule has 0 bridgehead atoms. The van der Waals surface area contributed by atoms with Gasteiger partial charge in [0, 0.05) is 42.6 Å². The molecule has 13 nitrogen and oxygen atoms in total. The highest BCUT2D eigenvalue weighted by molar-refractivity contribution is 7.99. The van der Waals surface area contributed by atoms with Crippen LogP contribution in [-0.2, 0) is 17.9 Å². The van der Waals surface area contributed by atoms with Gasteiger partial charge in [0.2, 0.25) is 11.0 Å². The molecule has 0 saturated carbocycles. The van der Waals surface area contributed by atoms with Crippen LogP contribution in [0.25, 0.3) is 0 Å². The molecule has 5 rings (SSSR count). The monoisotopic (exact) mass is 622 g/mol. The highest BCUT2D eigenvalue weighted by Gasteiger charge is 2.27. The van der Waals surface area contributed by atoms with Crippen molar-refractivity contribution in [3.63, 3.8) is 0 Å². The smallest absolute Gasteiger partial charge is 0.416 e. The molecule has 3 aromatic rings. The van der Waals surface area contributed by atoms with E-state index in [1.54, 1.807) is 17.0 Å². The molecule has 2 aliphatic rings. The van der Waals surface area contributed by atoms with Crippen LogP contribution < -0.4 is 10.1 Å². The molecule has 4 heterocycles. The topological polar surface area (TPSA) is 156 Å². The number of hydrogen-bond acceptors (Lipinski definition) is 10. The molecule has 0 spiro atoms. The number of piperidine rings is 2. The summed E-state index contributed by atoms with van der Waals surface area (Å²) in [6.45, 7) is 5.47. The SMILES string of the molecule is CCC1CCCCN1Cc1ccc(C(=O)Nc2ccc(OC(=O)N3CCC(Sc4nnnn4CCC(=O)O)CC3)nc2)cc1. The number of anilines is 1. The number of aryl methyl sites for hydroxylation is 1. The predicted molar refractivity (Wildman–Crippen MR) is 164 cm³/mol. The van der Waals surface area contributed by atoms with E-state index in [1.807, 2.05) is 24.3 Å². The Labute approximate surface area is 260 Å². The zero-order valence-corrected chi connectivity index (χ0v) is 25.6. The summed E-state index contributed by atoms with van der Waals surface area (Å²) in [5.41, 5.74) is 2.27. The summed E-state index contributed by atoms with van der Waals surface area (Å²) in [7, 11) is 0. The number of nitrogens with zero attached hydrogens (tertiary/aromatic N) is 7. The highest BCUT2D eigenvalue weighted by Crippen LogP contribution is 2.29. The molecule has 1 aromatic carbocycles. The normalized spacial score (nSPS) is 17.8. The van der Waals surface area contributed by atoms with Gasteiger partial charge in [0.15, 0.2) is 0 Å². The summed E-state index contributed by atoms with van der Waals surface area (Å²) in [4.78, 5) is 44.7. The van der Waals surface area contributed by atoms with Crippen molar-refractivity contribution >= 4 is 35.4 Å². The lowest BCUT2D eigenvalue weighted by atomic mass is 9.99. The van der Waals surface area contributed by atoms with E-state index in [2.05, 4.69) is 37.6 Å². The van der Waals surface area contributed by atoms with Gasteiger partial charge in [-0.1, -0.05) is 37.2 Å². The molecular weight excluding hydrogens is 584 g/mol. The van der Waals surface area contributed by atoms with Crippen LogP contribution >= 0.6 is 11.8 Å². The second-order valence-electron chi connectivity index (χ2n) is 11.1. The Balaban J connectivity index is 1.05. The summed E-state index contributed by atoms with van der Waals surface area (Å²) in [6.07, 6.45) is 7.30. The van der Waals surface area contributed by atoms with E-state index in [0.717, 1.165) is 19.5 Å². The summed E-state index contributed by atoms with van der Waals surface area (Å²) < 4.78 is 6.96. The van der Waals surface area contributed by atoms with Crippen molar-refractivity contribution < 1.29 is 24.2 Å². The first-order valence-corrected chi connectivity index (χ1v) is 16.0. The third kappa shape index (κ3) is 8.53. The number of tetrazole rings is 1. The number of carboxylic acid groups (broad SMARTS) is 1. The van der Waals surface area contributed by atoms with Crippen LogP contribution in [0.15, 0.2) is 47.8 Å². The Morgan fingerprint density at radius 2 is 1.84 bits per heavy atom. The maximum absolute atomic E-state index is 12.8. The third-order valence-corrected chi connectivity index (χ3v) is 9.32. The molecule has 2 aromatic heterocycles. The van der Waals surface area contributed by atoms with E-state index in [1.165, 1.54) is 47.5 Å². The number of aromatic nitrogens is 5. The number of thioether (sulfide) groups is 1. The molecule has 1 atom stereocenters. The zero-order chi connectivity index (χ0) is 30.9. The van der Waals surface area contributed by atoms with Crippen molar-refractivity contribution in [1.82, 2.24) is 35.0 Å². The summed E-state index contributed by atoms with van der Waals surface area (Å²) in [6, 6.07) is 11.6. The fraction of sp³-hybridized carbons (Fsp3) is 0.500. The van der Waals surface area contributed by atoms with E-state index in [4.69, 9.17) is 9.84 Å². The number of aliphatic carboxylic acids is 1. The molecule has 2 amide bonds. The van der Waals surface area contributed by atoms with Crippen LogP contribution in [0.4, 0.5) is 10.5 Å². The van der Waals surface area contributed by atoms with Crippen LogP contribution in [0.2, 0.25) is 0 Å². The molecule has 2 N–H and O–H groups in total. The predicted octanol–water partition coefficient (Wildman–Crippen LogP) is 4.32. The first-order chi connectivity index (χ1) is 21.4. The Morgan fingerprint density at radius 3 is 2.55 bits per heavy atom. The van der Waals surface area contributed by atoms with Crippen molar-refractivity contribution in [3.05, 3.63) is 53.7 Å². The molecule has 234 valence electrons. The van der Waals surface area contributed by atoms with Gasteiger partial charge in [-0.15, -0.1) is 5.10 Å². The molecule has 2 aliphatic heterocycles. The lowest BCUT2D eigenvalue weighted by molar-refractivity contribution is -0.137. The van der Waals surface area contributed by atoms with Crippen LogP contribution in [-0.4, -0.2) is 89.0 Å². The minimum Gasteiger partial charge on any atom is -0.481 e. The number of nitrogens with one attached hydrogen (secondary N) is 1. The number of carboxylic acids is 1. The van der Waals surface area contributed by atoms with E-state index in [-0.39, 0.29) is 30.0 Å². The highest BCUT2D eigenvalue weighted by atomic mass is 32.2. The zero-order valence-electron chi connectivity index (χ0n) is 24.8. The molecule has 0 aliphatic carbocycles. The van der Waals surface area contributed by atoms with Gasteiger partial charge in [-0.05, 0) is 72.8 Å². The summed E-state index contributed by atoms with van der Waals surface area (Å²) in [5, 5.41) is 24.0. The minimum atomic E-state index is -0.911. The Hall–Kier alpha value is -4.04. The van der Waals surface area contributed by atoms with Crippen molar-refractivity contribution in [1.29, 1.82) is 0 Å². The molecule has 1 unspecified atom stereocenters. The largest absolute Gasteiger partial charge is 0.481 e. The number of likely N-dealkylation sites (tertiary alicyclic amines) is 2. The Morgan fingerprint density at radius 1 is 1.05 bits per heavy atom. The standard InChI is InChI=1S/C30H38N8O5S/c1-2-24-5-3-4-15-37(24)20-21-6-8-22(9-7-21)28(41)32-23-10-11-26(31-19-23)43-30(42)36-16-12-25(13-17-36)44-29-33-34-35-38(29)18-14-27(39)40/h6-11,19,24-25H,2-5,12-18,20H2,1H3,(H,32,41)(H,39,40). The summed E-state index contributed by atoms with van der Waals surface area (Å²) >= 11 is 1.49.